The van der Waals surface area contributed by atoms with E-state index in [1.165, 1.54) is 31.4 Å². The summed E-state index contributed by atoms with van der Waals surface area (Å²) in [6.07, 6.45) is 1.47. The van der Waals surface area contributed by atoms with Crippen LogP contribution in [0.2, 0.25) is 5.02 Å². The molecule has 0 N–H and O–H groups in total. The Hall–Kier alpha value is -3.59. The minimum atomic E-state index is -0.692. The van der Waals surface area contributed by atoms with Gasteiger partial charge in [-0.25, -0.2) is 9.79 Å². The van der Waals surface area contributed by atoms with E-state index < -0.39 is 10.9 Å². The number of ether oxygens (including phenoxy) is 4. The summed E-state index contributed by atoms with van der Waals surface area (Å²) in [5, 5.41) is 11.5. The summed E-state index contributed by atoms with van der Waals surface area (Å²) in [6.45, 7) is 0.0651. The van der Waals surface area contributed by atoms with E-state index >= 15 is 0 Å². The molecule has 0 aliphatic carbocycles. The molecule has 2 aromatic rings. The molecular formula is C18H11ClN2O7. The zero-order valence-corrected chi connectivity index (χ0v) is 15.1. The van der Waals surface area contributed by atoms with E-state index in [0.717, 1.165) is 0 Å². The van der Waals surface area contributed by atoms with Gasteiger partial charge in [-0.2, -0.15) is 0 Å². The van der Waals surface area contributed by atoms with Crippen molar-refractivity contribution in [2.45, 2.75) is 0 Å². The van der Waals surface area contributed by atoms with E-state index in [4.69, 9.17) is 30.5 Å². The molecule has 2 aliphatic heterocycles. The predicted octanol–water partition coefficient (Wildman–Crippen LogP) is 3.33. The van der Waals surface area contributed by atoms with Gasteiger partial charge in [0.25, 0.3) is 0 Å². The molecule has 0 spiro atoms. The second-order valence-electron chi connectivity index (χ2n) is 5.72. The molecule has 28 heavy (non-hydrogen) atoms. The van der Waals surface area contributed by atoms with Crippen LogP contribution in [0.4, 0.5) is 5.69 Å². The molecule has 0 aromatic heterocycles. The van der Waals surface area contributed by atoms with Crippen molar-refractivity contribution in [3.05, 3.63) is 62.3 Å². The van der Waals surface area contributed by atoms with E-state index in [1.54, 1.807) is 12.1 Å². The zero-order valence-electron chi connectivity index (χ0n) is 14.3. The molecule has 0 atom stereocenters. The summed E-state index contributed by atoms with van der Waals surface area (Å²) >= 11 is 6.13. The van der Waals surface area contributed by atoms with E-state index in [1.807, 2.05) is 0 Å². The van der Waals surface area contributed by atoms with Crippen molar-refractivity contribution in [3.8, 4) is 17.2 Å². The predicted molar refractivity (Wildman–Crippen MR) is 97.8 cm³/mol. The number of nitro groups is 1. The van der Waals surface area contributed by atoms with Crippen LogP contribution >= 0.6 is 11.6 Å². The molecule has 10 heteroatoms. The lowest BCUT2D eigenvalue weighted by molar-refractivity contribution is -0.385. The Morgan fingerprint density at radius 3 is 2.86 bits per heavy atom. The minimum absolute atomic E-state index is 0.0170. The number of nitrogens with zero attached hydrogens (tertiary/aromatic N) is 2. The molecule has 0 saturated carbocycles. The Labute approximate surface area is 162 Å². The van der Waals surface area contributed by atoms with Gasteiger partial charge in [0.05, 0.1) is 17.1 Å². The van der Waals surface area contributed by atoms with Gasteiger partial charge in [0.1, 0.15) is 0 Å². The van der Waals surface area contributed by atoms with Crippen molar-refractivity contribution in [3.63, 3.8) is 0 Å². The van der Waals surface area contributed by atoms with Crippen LogP contribution in [-0.4, -0.2) is 30.7 Å². The van der Waals surface area contributed by atoms with Crippen molar-refractivity contribution in [1.29, 1.82) is 0 Å². The molecule has 2 aromatic carbocycles. The van der Waals surface area contributed by atoms with Gasteiger partial charge in [-0.1, -0.05) is 11.6 Å². The number of rotatable bonds is 4. The maximum absolute atomic E-state index is 12.2. The van der Waals surface area contributed by atoms with Crippen molar-refractivity contribution >= 4 is 35.2 Å². The number of aliphatic imine (C=N–C) groups is 1. The molecular weight excluding hydrogens is 392 g/mol. The summed E-state index contributed by atoms with van der Waals surface area (Å²) < 4.78 is 20.6. The van der Waals surface area contributed by atoms with Crippen LogP contribution in [-0.2, 0) is 9.53 Å². The number of hydrogen-bond donors (Lipinski definition) is 0. The zero-order chi connectivity index (χ0) is 19.8. The van der Waals surface area contributed by atoms with Gasteiger partial charge in [0, 0.05) is 11.6 Å². The summed E-state index contributed by atoms with van der Waals surface area (Å²) in [5.74, 6) is 0.244. The number of esters is 1. The van der Waals surface area contributed by atoms with Gasteiger partial charge in [-0.05, 0) is 35.9 Å². The average Bonchev–Trinajstić information content (AvgIpc) is 3.28. The van der Waals surface area contributed by atoms with Crippen LogP contribution in [0.15, 0.2) is 41.0 Å². The standard InChI is InChI=1S/C18H11ClN2O7/c1-25-14-3-2-10(7-13(14)21(23)24)17-20-12(18(22)28-17)5-9-4-11(19)16-15(6-9)26-8-27-16/h2-7H,8H2,1H3/b12-5-. The lowest BCUT2D eigenvalue weighted by Gasteiger charge is -2.03. The Kier molecular flexibility index (Phi) is 4.36. The summed E-state index contributed by atoms with van der Waals surface area (Å²) in [4.78, 5) is 26.9. The second-order valence-corrected chi connectivity index (χ2v) is 6.12. The fourth-order valence-electron chi connectivity index (χ4n) is 2.73. The van der Waals surface area contributed by atoms with Crippen molar-refractivity contribution < 1.29 is 28.7 Å². The second kappa shape index (κ2) is 6.86. The maximum atomic E-state index is 12.2. The molecule has 4 rings (SSSR count). The van der Waals surface area contributed by atoms with E-state index in [9.17, 15) is 14.9 Å². The fourth-order valence-corrected chi connectivity index (χ4v) is 3.00. The maximum Gasteiger partial charge on any atom is 0.363 e. The highest BCUT2D eigenvalue weighted by atomic mass is 35.5. The number of cyclic esters (lactones) is 1. The van der Waals surface area contributed by atoms with Crippen LogP contribution in [0.5, 0.6) is 17.2 Å². The lowest BCUT2D eigenvalue weighted by atomic mass is 10.1. The highest BCUT2D eigenvalue weighted by Gasteiger charge is 2.27. The van der Waals surface area contributed by atoms with Crippen molar-refractivity contribution in [2.75, 3.05) is 13.9 Å². The first-order chi connectivity index (χ1) is 13.5. The van der Waals surface area contributed by atoms with E-state index in [0.29, 0.717) is 22.1 Å². The van der Waals surface area contributed by atoms with Crippen LogP contribution in [0.3, 0.4) is 0 Å². The molecule has 9 nitrogen and oxygen atoms in total. The Bertz CT molecular complexity index is 1080. The van der Waals surface area contributed by atoms with Gasteiger partial charge < -0.3 is 18.9 Å². The van der Waals surface area contributed by atoms with Gasteiger partial charge in [-0.15, -0.1) is 0 Å². The number of nitro benzene ring substituents is 1. The highest BCUT2D eigenvalue weighted by Crippen LogP contribution is 2.40. The molecule has 2 aliphatic rings. The third kappa shape index (κ3) is 3.12. The van der Waals surface area contributed by atoms with Crippen LogP contribution in [0, 0.1) is 10.1 Å². The molecule has 2 heterocycles. The SMILES string of the molecule is COc1ccc(C2=N/C(=C\c3cc(Cl)c4c(c3)OCO4)C(=O)O2)cc1[N+](=O)[O-]. The molecule has 0 bridgehead atoms. The van der Waals surface area contributed by atoms with Gasteiger partial charge in [0.15, 0.2) is 22.9 Å². The van der Waals surface area contributed by atoms with Crippen LogP contribution in [0.1, 0.15) is 11.1 Å². The number of hydrogen-bond acceptors (Lipinski definition) is 8. The lowest BCUT2D eigenvalue weighted by Crippen LogP contribution is -2.06. The van der Waals surface area contributed by atoms with Crippen LogP contribution < -0.4 is 14.2 Å². The molecule has 0 saturated heterocycles. The van der Waals surface area contributed by atoms with Gasteiger partial charge in [0.2, 0.25) is 12.7 Å². The summed E-state index contributed by atoms with van der Waals surface area (Å²) in [6, 6.07) is 7.40. The quantitative estimate of drug-likeness (QED) is 0.334. The first kappa shape index (κ1) is 17.8. The Balaban J connectivity index is 1.69. The third-order valence-electron chi connectivity index (χ3n) is 4.00. The third-order valence-corrected chi connectivity index (χ3v) is 4.28. The topological polar surface area (TPSA) is 109 Å². The Morgan fingerprint density at radius 2 is 2.11 bits per heavy atom. The normalized spacial score (nSPS) is 16.1. The summed E-state index contributed by atoms with van der Waals surface area (Å²) in [5.41, 5.74) is 0.585. The largest absolute Gasteiger partial charge is 0.490 e. The number of methoxy groups -OCH3 is 1. The first-order valence-corrected chi connectivity index (χ1v) is 8.28. The molecule has 0 unspecified atom stereocenters. The molecule has 0 fully saturated rings. The minimum Gasteiger partial charge on any atom is -0.490 e. The highest BCUT2D eigenvalue weighted by molar-refractivity contribution is 6.32. The van der Waals surface area contributed by atoms with Crippen molar-refractivity contribution in [1.82, 2.24) is 0 Å². The number of benzene rings is 2. The molecule has 142 valence electrons. The smallest absolute Gasteiger partial charge is 0.363 e. The number of fused-ring (bicyclic) bond motifs is 1. The first-order valence-electron chi connectivity index (χ1n) is 7.91. The number of carbonyl (C=O) groups is 1. The number of carbonyl (C=O) groups excluding carboxylic acids is 1. The molecule has 0 radical (unpaired) electrons. The summed E-state index contributed by atoms with van der Waals surface area (Å²) in [7, 11) is 1.33. The molecule has 0 amide bonds. The Morgan fingerprint density at radius 1 is 1.29 bits per heavy atom. The van der Waals surface area contributed by atoms with E-state index in [-0.39, 0.29) is 35.4 Å². The fraction of sp³-hybridized carbons (Fsp3) is 0.111. The van der Waals surface area contributed by atoms with E-state index in [2.05, 4.69) is 4.99 Å². The van der Waals surface area contributed by atoms with Crippen LogP contribution in [0.25, 0.3) is 6.08 Å². The average molecular weight is 403 g/mol. The van der Waals surface area contributed by atoms with Gasteiger partial charge in [-0.3, -0.25) is 10.1 Å². The monoisotopic (exact) mass is 402 g/mol. The van der Waals surface area contributed by atoms with Crippen molar-refractivity contribution in [2.24, 2.45) is 4.99 Å². The number of halogens is 1. The van der Waals surface area contributed by atoms with Gasteiger partial charge >= 0.3 is 11.7 Å².